The normalized spacial score (nSPS) is 23.6. The first-order valence-corrected chi connectivity index (χ1v) is 6.60. The van der Waals surface area contributed by atoms with Crippen molar-refractivity contribution < 1.29 is 9.47 Å². The highest BCUT2D eigenvalue weighted by Crippen LogP contribution is 2.17. The molecule has 1 aliphatic rings. The van der Waals surface area contributed by atoms with Gasteiger partial charge in [0, 0.05) is 18.5 Å². The Labute approximate surface area is 109 Å². The predicted octanol–water partition coefficient (Wildman–Crippen LogP) is 2.22. The molecule has 3 nitrogen and oxygen atoms in total. The summed E-state index contributed by atoms with van der Waals surface area (Å²) in [6.45, 7) is 8.41. The van der Waals surface area contributed by atoms with E-state index < -0.39 is 0 Å². The lowest BCUT2D eigenvalue weighted by molar-refractivity contribution is -0.0312. The predicted molar refractivity (Wildman–Crippen MR) is 72.5 cm³/mol. The first-order chi connectivity index (χ1) is 8.66. The largest absolute Gasteiger partial charge is 0.374 e. The molecular formula is C15H23NO2. The van der Waals surface area contributed by atoms with Gasteiger partial charge in [-0.15, -0.1) is 0 Å². The highest BCUT2D eigenvalue weighted by atomic mass is 16.5. The molecule has 1 aromatic rings. The van der Waals surface area contributed by atoms with E-state index in [1.165, 1.54) is 5.56 Å². The minimum atomic E-state index is 0.162. The Bertz CT molecular complexity index is 351. The van der Waals surface area contributed by atoms with E-state index in [1.54, 1.807) is 0 Å². The first kappa shape index (κ1) is 13.5. The van der Waals surface area contributed by atoms with E-state index in [9.17, 15) is 0 Å². The monoisotopic (exact) mass is 249 g/mol. The number of benzene rings is 1. The lowest BCUT2D eigenvalue weighted by atomic mass is 9.95. The van der Waals surface area contributed by atoms with E-state index in [1.807, 2.05) is 18.2 Å². The fourth-order valence-corrected chi connectivity index (χ4v) is 2.01. The van der Waals surface area contributed by atoms with Crippen LogP contribution in [-0.4, -0.2) is 32.4 Å². The van der Waals surface area contributed by atoms with Crippen LogP contribution in [0.3, 0.4) is 0 Å². The molecule has 1 fully saturated rings. The number of ether oxygens (including phenoxy) is 2. The smallest absolute Gasteiger partial charge is 0.0932 e. The second kappa shape index (κ2) is 6.32. The molecule has 1 atom stereocenters. The van der Waals surface area contributed by atoms with Crippen LogP contribution in [0, 0.1) is 5.41 Å². The SMILES string of the molecule is CC1(C)CNCC(COCc2ccccc2)OC1. The quantitative estimate of drug-likeness (QED) is 0.887. The van der Waals surface area contributed by atoms with Gasteiger partial charge in [-0.3, -0.25) is 0 Å². The number of hydrogen-bond donors (Lipinski definition) is 1. The molecule has 1 N–H and O–H groups in total. The van der Waals surface area contributed by atoms with E-state index in [4.69, 9.17) is 9.47 Å². The molecule has 0 bridgehead atoms. The lowest BCUT2D eigenvalue weighted by Gasteiger charge is -2.21. The Balaban J connectivity index is 1.71. The molecule has 0 aliphatic carbocycles. The Kier molecular flexibility index (Phi) is 4.75. The van der Waals surface area contributed by atoms with E-state index in [-0.39, 0.29) is 11.5 Å². The van der Waals surface area contributed by atoms with E-state index in [2.05, 4.69) is 31.3 Å². The summed E-state index contributed by atoms with van der Waals surface area (Å²) >= 11 is 0. The number of hydrogen-bond acceptors (Lipinski definition) is 3. The van der Waals surface area contributed by atoms with Crippen LogP contribution in [0.2, 0.25) is 0 Å². The fraction of sp³-hybridized carbons (Fsp3) is 0.600. The Hall–Kier alpha value is -0.900. The minimum absolute atomic E-state index is 0.162. The summed E-state index contributed by atoms with van der Waals surface area (Å²) in [5, 5.41) is 3.43. The van der Waals surface area contributed by atoms with Crippen molar-refractivity contribution in [2.75, 3.05) is 26.3 Å². The Morgan fingerprint density at radius 2 is 2.11 bits per heavy atom. The van der Waals surface area contributed by atoms with E-state index >= 15 is 0 Å². The zero-order chi connectivity index (χ0) is 12.8. The van der Waals surface area contributed by atoms with Gasteiger partial charge < -0.3 is 14.8 Å². The van der Waals surface area contributed by atoms with Crippen molar-refractivity contribution in [3.8, 4) is 0 Å². The van der Waals surface area contributed by atoms with Crippen molar-refractivity contribution >= 4 is 0 Å². The molecule has 1 aromatic carbocycles. The van der Waals surface area contributed by atoms with Crippen LogP contribution >= 0.6 is 0 Å². The van der Waals surface area contributed by atoms with Gasteiger partial charge in [-0.1, -0.05) is 44.2 Å². The second-order valence-electron chi connectivity index (χ2n) is 5.73. The van der Waals surface area contributed by atoms with Gasteiger partial charge in [0.2, 0.25) is 0 Å². The van der Waals surface area contributed by atoms with Gasteiger partial charge in [0.25, 0.3) is 0 Å². The van der Waals surface area contributed by atoms with Crippen molar-refractivity contribution in [3.63, 3.8) is 0 Å². The van der Waals surface area contributed by atoms with Crippen molar-refractivity contribution in [1.82, 2.24) is 5.32 Å². The molecule has 1 unspecified atom stereocenters. The van der Waals surface area contributed by atoms with Crippen LogP contribution in [0.15, 0.2) is 30.3 Å². The molecule has 2 rings (SSSR count). The van der Waals surface area contributed by atoms with E-state index in [0.717, 1.165) is 19.7 Å². The van der Waals surface area contributed by atoms with Crippen molar-refractivity contribution in [1.29, 1.82) is 0 Å². The molecule has 1 saturated heterocycles. The summed E-state index contributed by atoms with van der Waals surface area (Å²) in [6.07, 6.45) is 0.162. The third-order valence-corrected chi connectivity index (χ3v) is 3.10. The molecule has 18 heavy (non-hydrogen) atoms. The summed E-state index contributed by atoms with van der Waals surface area (Å²) in [5.41, 5.74) is 1.42. The van der Waals surface area contributed by atoms with Crippen molar-refractivity contribution in [3.05, 3.63) is 35.9 Å². The van der Waals surface area contributed by atoms with Crippen molar-refractivity contribution in [2.24, 2.45) is 5.41 Å². The van der Waals surface area contributed by atoms with Crippen LogP contribution < -0.4 is 5.32 Å². The van der Waals surface area contributed by atoms with E-state index in [0.29, 0.717) is 13.2 Å². The number of rotatable bonds is 4. The van der Waals surface area contributed by atoms with Crippen LogP contribution in [0.25, 0.3) is 0 Å². The average Bonchev–Trinajstić information content (AvgIpc) is 2.52. The zero-order valence-corrected chi connectivity index (χ0v) is 11.3. The molecular weight excluding hydrogens is 226 g/mol. The second-order valence-corrected chi connectivity index (χ2v) is 5.73. The lowest BCUT2D eigenvalue weighted by Crippen LogP contribution is -2.31. The first-order valence-electron chi connectivity index (χ1n) is 6.60. The van der Waals surface area contributed by atoms with Crippen LogP contribution in [0.1, 0.15) is 19.4 Å². The summed E-state index contributed by atoms with van der Waals surface area (Å²) in [5.74, 6) is 0. The van der Waals surface area contributed by atoms with Gasteiger partial charge in [0.15, 0.2) is 0 Å². The maximum absolute atomic E-state index is 5.87. The van der Waals surface area contributed by atoms with Gasteiger partial charge in [-0.05, 0) is 5.56 Å². The zero-order valence-electron chi connectivity index (χ0n) is 11.3. The maximum Gasteiger partial charge on any atom is 0.0932 e. The van der Waals surface area contributed by atoms with Crippen molar-refractivity contribution in [2.45, 2.75) is 26.6 Å². The standard InChI is InChI=1S/C15H23NO2/c1-15(2)11-16-8-14(18-12-15)10-17-9-13-6-4-3-5-7-13/h3-7,14,16H,8-12H2,1-2H3. The molecule has 0 amide bonds. The molecule has 1 heterocycles. The summed E-state index contributed by atoms with van der Waals surface area (Å²) in [4.78, 5) is 0. The van der Waals surface area contributed by atoms with Gasteiger partial charge >= 0.3 is 0 Å². The molecule has 0 saturated carbocycles. The summed E-state index contributed by atoms with van der Waals surface area (Å²) in [6, 6.07) is 10.2. The minimum Gasteiger partial charge on any atom is -0.374 e. The van der Waals surface area contributed by atoms with Gasteiger partial charge in [0.05, 0.1) is 25.9 Å². The summed E-state index contributed by atoms with van der Waals surface area (Å²) in [7, 11) is 0. The van der Waals surface area contributed by atoms with Gasteiger partial charge in [-0.2, -0.15) is 0 Å². The molecule has 100 valence electrons. The molecule has 0 aromatic heterocycles. The van der Waals surface area contributed by atoms with Crippen LogP contribution in [0.4, 0.5) is 0 Å². The Morgan fingerprint density at radius 3 is 2.89 bits per heavy atom. The fourth-order valence-electron chi connectivity index (χ4n) is 2.01. The highest BCUT2D eigenvalue weighted by molar-refractivity contribution is 5.13. The van der Waals surface area contributed by atoms with Gasteiger partial charge in [0.1, 0.15) is 0 Å². The van der Waals surface area contributed by atoms with Gasteiger partial charge in [-0.25, -0.2) is 0 Å². The molecule has 3 heteroatoms. The van der Waals surface area contributed by atoms with Crippen LogP contribution in [0.5, 0.6) is 0 Å². The summed E-state index contributed by atoms with van der Waals surface area (Å²) < 4.78 is 11.6. The Morgan fingerprint density at radius 1 is 1.33 bits per heavy atom. The third kappa shape index (κ3) is 4.41. The third-order valence-electron chi connectivity index (χ3n) is 3.10. The topological polar surface area (TPSA) is 30.5 Å². The maximum atomic E-state index is 5.87. The number of nitrogens with one attached hydrogen (secondary N) is 1. The molecule has 0 spiro atoms. The average molecular weight is 249 g/mol. The molecule has 1 aliphatic heterocycles. The van der Waals surface area contributed by atoms with Crippen LogP contribution in [-0.2, 0) is 16.1 Å². The molecule has 0 radical (unpaired) electrons. The highest BCUT2D eigenvalue weighted by Gasteiger charge is 2.24.